The largest absolute Gasteiger partial charge is 0.352 e. The molecule has 5 rings (SSSR count). The predicted octanol–water partition coefficient (Wildman–Crippen LogP) is 3.60. The first-order valence-electron chi connectivity index (χ1n) is 11.5. The van der Waals surface area contributed by atoms with Gasteiger partial charge in [0.05, 0.1) is 34.2 Å². The Morgan fingerprint density at radius 2 is 2.10 bits per heavy atom. The predicted molar refractivity (Wildman–Crippen MR) is 120 cm³/mol. The van der Waals surface area contributed by atoms with E-state index in [1.807, 2.05) is 13.0 Å². The first-order valence-corrected chi connectivity index (χ1v) is 13.3. The van der Waals surface area contributed by atoms with Crippen LogP contribution in [-0.2, 0) is 9.84 Å². The number of nitrogens with zero attached hydrogens (tertiary/aromatic N) is 3. The van der Waals surface area contributed by atoms with Crippen molar-refractivity contribution < 1.29 is 13.2 Å². The summed E-state index contributed by atoms with van der Waals surface area (Å²) in [5.41, 5.74) is 4.37. The first kappa shape index (κ1) is 20.7. The van der Waals surface area contributed by atoms with Gasteiger partial charge in [-0.25, -0.2) is 18.1 Å². The lowest BCUT2D eigenvalue weighted by atomic mass is 9.97. The maximum absolute atomic E-state index is 13.2. The Kier molecular flexibility index (Phi) is 5.36. The Morgan fingerprint density at radius 1 is 1.26 bits per heavy atom. The van der Waals surface area contributed by atoms with Crippen LogP contribution >= 0.6 is 0 Å². The van der Waals surface area contributed by atoms with Crippen LogP contribution in [0.3, 0.4) is 0 Å². The molecule has 31 heavy (non-hydrogen) atoms. The zero-order valence-electron chi connectivity index (χ0n) is 18.1. The topological polar surface area (TPSA) is 93.9 Å². The number of pyridine rings is 1. The van der Waals surface area contributed by atoms with Gasteiger partial charge in [0, 0.05) is 18.2 Å². The van der Waals surface area contributed by atoms with Crippen molar-refractivity contribution in [1.82, 2.24) is 20.1 Å². The van der Waals surface area contributed by atoms with Crippen molar-refractivity contribution in [1.29, 1.82) is 0 Å². The van der Waals surface area contributed by atoms with Crippen molar-refractivity contribution in [2.75, 3.05) is 18.1 Å². The van der Waals surface area contributed by atoms with E-state index in [0.717, 1.165) is 48.9 Å². The zero-order chi connectivity index (χ0) is 21.6. The molecular weight excluding hydrogens is 412 g/mol. The Labute approximate surface area is 183 Å². The molecule has 0 spiro atoms. The average Bonchev–Trinajstić information content (AvgIpc) is 3.47. The summed E-state index contributed by atoms with van der Waals surface area (Å²) in [6.07, 6.45) is 10.7. The number of amides is 1. The van der Waals surface area contributed by atoms with Gasteiger partial charge in [-0.05, 0) is 64.4 Å². The van der Waals surface area contributed by atoms with E-state index in [0.29, 0.717) is 30.1 Å². The Bertz CT molecular complexity index is 1160. The van der Waals surface area contributed by atoms with E-state index in [1.54, 1.807) is 4.68 Å². The molecule has 3 aliphatic rings. The quantitative estimate of drug-likeness (QED) is 0.690. The molecule has 1 N–H and O–H groups in total. The number of hydrogen-bond acceptors (Lipinski definition) is 5. The molecule has 3 heterocycles. The van der Waals surface area contributed by atoms with Gasteiger partial charge < -0.3 is 5.32 Å². The molecule has 8 heteroatoms. The lowest BCUT2D eigenvalue weighted by Crippen LogP contribution is -2.25. The van der Waals surface area contributed by atoms with Crippen LogP contribution in [0.2, 0.25) is 0 Å². The second-order valence-electron chi connectivity index (χ2n) is 9.27. The van der Waals surface area contributed by atoms with E-state index in [4.69, 9.17) is 4.98 Å². The third kappa shape index (κ3) is 4.27. The first-order chi connectivity index (χ1) is 14.9. The molecule has 2 aromatic heterocycles. The number of fused-ring (bicyclic) bond motifs is 1. The number of aryl methyl sites for hydroxylation is 1. The van der Waals surface area contributed by atoms with Gasteiger partial charge in [-0.2, -0.15) is 5.10 Å². The van der Waals surface area contributed by atoms with Crippen molar-refractivity contribution in [3.05, 3.63) is 34.7 Å². The van der Waals surface area contributed by atoms with E-state index in [-0.39, 0.29) is 23.5 Å². The normalized spacial score (nSPS) is 23.1. The second kappa shape index (κ2) is 8.04. The van der Waals surface area contributed by atoms with Gasteiger partial charge in [0.15, 0.2) is 15.5 Å². The third-order valence-corrected chi connectivity index (χ3v) is 8.52. The third-order valence-electron chi connectivity index (χ3n) is 6.77. The molecule has 7 nitrogen and oxygen atoms in total. The van der Waals surface area contributed by atoms with Crippen LogP contribution in [0.4, 0.5) is 0 Å². The maximum Gasteiger partial charge on any atom is 0.252 e. The Hall–Kier alpha value is -2.22. The van der Waals surface area contributed by atoms with Gasteiger partial charge in [-0.1, -0.05) is 11.6 Å². The fourth-order valence-corrected chi connectivity index (χ4v) is 6.58. The fraction of sp³-hybridized carbons (Fsp3) is 0.609. The van der Waals surface area contributed by atoms with Crippen LogP contribution in [0.15, 0.2) is 17.7 Å². The number of allylic oxidation sites excluding steroid dienone is 1. The Balaban J connectivity index is 1.45. The maximum atomic E-state index is 13.2. The SMILES string of the molecule is Cc1nn(C2CCS(=O)(=O)C2)c2nc(C3CC3)cc(C(=O)NCCC3=CCCCC3)c12. The minimum atomic E-state index is -3.04. The van der Waals surface area contributed by atoms with Crippen LogP contribution in [0.25, 0.3) is 11.0 Å². The van der Waals surface area contributed by atoms with Crippen molar-refractivity contribution in [3.8, 4) is 0 Å². The summed E-state index contributed by atoms with van der Waals surface area (Å²) in [6.45, 7) is 2.51. The number of carbonyl (C=O) groups is 1. The molecule has 1 saturated heterocycles. The van der Waals surface area contributed by atoms with E-state index in [1.165, 1.54) is 18.4 Å². The van der Waals surface area contributed by atoms with Gasteiger partial charge in [0.2, 0.25) is 0 Å². The van der Waals surface area contributed by atoms with Crippen LogP contribution in [0, 0.1) is 6.92 Å². The summed E-state index contributed by atoms with van der Waals surface area (Å²) in [5.74, 6) is 0.574. The highest BCUT2D eigenvalue weighted by atomic mass is 32.2. The minimum absolute atomic E-state index is 0.0904. The van der Waals surface area contributed by atoms with Crippen LogP contribution in [0.5, 0.6) is 0 Å². The van der Waals surface area contributed by atoms with Crippen LogP contribution in [-0.4, -0.2) is 47.1 Å². The number of aromatic nitrogens is 3. The molecule has 2 aromatic rings. The van der Waals surface area contributed by atoms with Crippen LogP contribution < -0.4 is 5.32 Å². The monoisotopic (exact) mass is 442 g/mol. The molecule has 166 valence electrons. The standard InChI is InChI=1S/C23H30N4O3S/c1-15-21-19(23(28)24-11-9-16-5-3-2-4-6-16)13-20(17-7-8-17)25-22(21)27(26-15)18-10-12-31(29,30)14-18/h5,13,17-18H,2-4,6-12,14H2,1H3,(H,24,28). The summed E-state index contributed by atoms with van der Waals surface area (Å²) >= 11 is 0. The number of sulfone groups is 1. The van der Waals surface area contributed by atoms with E-state index < -0.39 is 9.84 Å². The Morgan fingerprint density at radius 3 is 2.77 bits per heavy atom. The van der Waals surface area contributed by atoms with E-state index in [2.05, 4.69) is 16.5 Å². The van der Waals surface area contributed by atoms with Gasteiger partial charge in [0.25, 0.3) is 5.91 Å². The number of nitrogens with one attached hydrogen (secondary N) is 1. The summed E-state index contributed by atoms with van der Waals surface area (Å²) in [7, 11) is -3.04. The highest BCUT2D eigenvalue weighted by molar-refractivity contribution is 7.91. The summed E-state index contributed by atoms with van der Waals surface area (Å²) in [6, 6.07) is 1.72. The summed E-state index contributed by atoms with van der Waals surface area (Å²) in [5, 5.41) is 8.51. The number of rotatable bonds is 6. The minimum Gasteiger partial charge on any atom is -0.352 e. The fourth-order valence-electron chi connectivity index (χ4n) is 4.89. The number of hydrogen-bond donors (Lipinski definition) is 1. The van der Waals surface area contributed by atoms with E-state index >= 15 is 0 Å². The molecule has 0 aromatic carbocycles. The van der Waals surface area contributed by atoms with Crippen molar-refractivity contribution in [2.24, 2.45) is 0 Å². The molecule has 1 aliphatic heterocycles. The molecule has 0 radical (unpaired) electrons. The van der Waals surface area contributed by atoms with Crippen molar-refractivity contribution >= 4 is 26.8 Å². The van der Waals surface area contributed by atoms with Gasteiger partial charge >= 0.3 is 0 Å². The molecule has 0 bridgehead atoms. The van der Waals surface area contributed by atoms with E-state index in [9.17, 15) is 13.2 Å². The lowest BCUT2D eigenvalue weighted by Gasteiger charge is -2.14. The molecule has 1 unspecified atom stereocenters. The molecule has 1 amide bonds. The molecule has 1 saturated carbocycles. The molecule has 2 fully saturated rings. The summed E-state index contributed by atoms with van der Waals surface area (Å²) < 4.78 is 25.8. The van der Waals surface area contributed by atoms with Gasteiger partial charge in [0.1, 0.15) is 0 Å². The van der Waals surface area contributed by atoms with Crippen molar-refractivity contribution in [2.45, 2.75) is 70.3 Å². The smallest absolute Gasteiger partial charge is 0.252 e. The van der Waals surface area contributed by atoms with Crippen molar-refractivity contribution in [3.63, 3.8) is 0 Å². The average molecular weight is 443 g/mol. The lowest BCUT2D eigenvalue weighted by molar-refractivity contribution is 0.0955. The molecular formula is C23H30N4O3S. The zero-order valence-corrected chi connectivity index (χ0v) is 18.9. The molecule has 2 aliphatic carbocycles. The number of carbonyl (C=O) groups excluding carboxylic acids is 1. The second-order valence-corrected chi connectivity index (χ2v) is 11.5. The van der Waals surface area contributed by atoms with Gasteiger partial charge in [-0.15, -0.1) is 0 Å². The van der Waals surface area contributed by atoms with Gasteiger partial charge in [-0.3, -0.25) is 4.79 Å². The van der Waals surface area contributed by atoms with Crippen LogP contribution in [0.1, 0.15) is 85.1 Å². The molecule has 1 atom stereocenters. The summed E-state index contributed by atoms with van der Waals surface area (Å²) in [4.78, 5) is 18.1. The highest BCUT2D eigenvalue weighted by Gasteiger charge is 2.34. The highest BCUT2D eigenvalue weighted by Crippen LogP contribution is 2.41.